The predicted molar refractivity (Wildman–Crippen MR) is 119 cm³/mol. The molecule has 1 unspecified atom stereocenters. The summed E-state index contributed by atoms with van der Waals surface area (Å²) in [5.74, 6) is 1.00. The van der Waals surface area contributed by atoms with Gasteiger partial charge in [-0.3, -0.25) is 0 Å². The van der Waals surface area contributed by atoms with Crippen molar-refractivity contribution in [3.05, 3.63) is 126 Å². The molecule has 0 spiro atoms. The van der Waals surface area contributed by atoms with E-state index in [2.05, 4.69) is 123 Å². The maximum atomic E-state index is 7.16. The van der Waals surface area contributed by atoms with Gasteiger partial charge in [0.25, 0.3) is 0 Å². The molecule has 29 heavy (non-hydrogen) atoms. The van der Waals surface area contributed by atoms with Crippen LogP contribution in [-0.4, -0.2) is 0 Å². The van der Waals surface area contributed by atoms with E-state index >= 15 is 0 Å². The van der Waals surface area contributed by atoms with Crippen molar-refractivity contribution in [2.75, 3.05) is 0 Å². The predicted octanol–water partition coefficient (Wildman–Crippen LogP) is 7.23. The molecule has 3 aromatic rings. The van der Waals surface area contributed by atoms with E-state index in [0.29, 0.717) is 0 Å². The van der Waals surface area contributed by atoms with Gasteiger partial charge in [0.05, 0.1) is 0 Å². The van der Waals surface area contributed by atoms with Gasteiger partial charge in [-0.15, -0.1) is 0 Å². The minimum absolute atomic E-state index is 0.0136. The van der Waals surface area contributed by atoms with E-state index in [0.717, 1.165) is 14.0 Å². The molecule has 0 radical (unpaired) electrons. The van der Waals surface area contributed by atoms with Gasteiger partial charge in [0, 0.05) is 0 Å². The molecule has 0 N–H and O–H groups in total. The number of para-hydroxylation sites is 1. The van der Waals surface area contributed by atoms with Crippen molar-refractivity contribution < 1.29 is 23.5 Å². The van der Waals surface area contributed by atoms with Gasteiger partial charge in [-0.05, 0) is 0 Å². The molecule has 0 heterocycles. The number of hydrogen-bond acceptors (Lipinski definition) is 1. The van der Waals surface area contributed by atoms with Crippen LogP contribution in [0.25, 0.3) is 0 Å². The SMILES string of the molecule is CC1=C[C](C)([Zr]([CH2]c2ccccc2)([CH2]c2ccccc2)[O]c2ccccc2)C=C1. The first-order chi connectivity index (χ1) is 14.1. The molecule has 0 aromatic heterocycles. The molecular formula is C27H28OZr. The van der Waals surface area contributed by atoms with Crippen LogP contribution in [0, 0.1) is 0 Å². The third-order valence-electron chi connectivity index (χ3n) is 5.92. The van der Waals surface area contributed by atoms with E-state index in [1.54, 1.807) is 0 Å². The summed E-state index contributed by atoms with van der Waals surface area (Å²) in [7, 11) is 0. The molecule has 0 fully saturated rings. The molecule has 0 saturated heterocycles. The molecule has 0 saturated carbocycles. The Balaban J connectivity index is 1.84. The van der Waals surface area contributed by atoms with Gasteiger partial charge in [-0.2, -0.15) is 0 Å². The molecule has 0 amide bonds. The topological polar surface area (TPSA) is 9.23 Å². The second kappa shape index (κ2) is 8.68. The minimum atomic E-state index is -3.42. The molecular weight excluding hydrogens is 432 g/mol. The van der Waals surface area contributed by atoms with Crippen LogP contribution in [0.15, 0.2) is 115 Å². The standard InChI is InChI=1S/C7H9.2C7H7.C6H6O.Zr/c1-6-3-4-7(2)5-6;2*1-7-5-3-2-4-6-7;7-6-4-2-1-3-5-6;/h3-5H,1-2H3;2*2-6H,1H2;1-5,7H;/q;;;;+1/p-1. The van der Waals surface area contributed by atoms with Gasteiger partial charge in [-0.1, -0.05) is 0 Å². The Morgan fingerprint density at radius 1 is 0.724 bits per heavy atom. The number of hydrogen-bond donors (Lipinski definition) is 0. The van der Waals surface area contributed by atoms with E-state index in [4.69, 9.17) is 2.81 Å². The van der Waals surface area contributed by atoms with E-state index in [1.165, 1.54) is 16.7 Å². The van der Waals surface area contributed by atoms with Crippen molar-refractivity contribution >= 4 is 0 Å². The monoisotopic (exact) mass is 458 g/mol. The Kier molecular flexibility index (Phi) is 6.02. The van der Waals surface area contributed by atoms with Crippen molar-refractivity contribution in [2.24, 2.45) is 0 Å². The third kappa shape index (κ3) is 4.54. The molecule has 0 aliphatic heterocycles. The molecule has 0 bridgehead atoms. The van der Waals surface area contributed by atoms with Gasteiger partial charge < -0.3 is 0 Å². The molecule has 4 rings (SSSR count). The summed E-state index contributed by atoms with van der Waals surface area (Å²) in [5.41, 5.74) is 4.09. The average Bonchev–Trinajstić information content (AvgIpc) is 3.10. The maximum absolute atomic E-state index is 7.16. The van der Waals surface area contributed by atoms with Gasteiger partial charge >= 0.3 is 180 Å². The first-order valence-corrected chi connectivity index (χ1v) is 16.0. The Hall–Kier alpha value is -2.18. The van der Waals surface area contributed by atoms with Crippen LogP contribution in [-0.2, 0) is 29.0 Å². The zero-order chi connectivity index (χ0) is 20.2. The fraction of sp³-hybridized carbons (Fsp3) is 0.185. The van der Waals surface area contributed by atoms with Crippen LogP contribution in [0.1, 0.15) is 25.0 Å². The van der Waals surface area contributed by atoms with E-state index < -0.39 is 20.7 Å². The van der Waals surface area contributed by atoms with Crippen molar-refractivity contribution in [3.63, 3.8) is 0 Å². The van der Waals surface area contributed by atoms with Crippen LogP contribution < -0.4 is 2.81 Å². The van der Waals surface area contributed by atoms with Crippen LogP contribution in [0.5, 0.6) is 5.75 Å². The molecule has 1 atom stereocenters. The Bertz CT molecular complexity index is 891. The number of allylic oxidation sites excluding steroid dienone is 4. The zero-order valence-electron chi connectivity index (χ0n) is 17.2. The quantitative estimate of drug-likeness (QED) is 0.362. The van der Waals surface area contributed by atoms with Gasteiger partial charge in [0.15, 0.2) is 0 Å². The fourth-order valence-corrected chi connectivity index (χ4v) is 15.4. The van der Waals surface area contributed by atoms with Gasteiger partial charge in [-0.25, -0.2) is 0 Å². The second-order valence-electron chi connectivity index (χ2n) is 8.24. The molecule has 1 aliphatic rings. The number of benzene rings is 3. The van der Waals surface area contributed by atoms with Crippen molar-refractivity contribution in [1.29, 1.82) is 0 Å². The third-order valence-corrected chi connectivity index (χ3v) is 17.9. The first kappa shape index (κ1) is 20.1. The summed E-state index contributed by atoms with van der Waals surface area (Å²) < 4.78 is 9.21. The summed E-state index contributed by atoms with van der Waals surface area (Å²) in [5, 5.41) is 0. The molecule has 1 nitrogen and oxygen atoms in total. The summed E-state index contributed by atoms with van der Waals surface area (Å²) in [4.78, 5) is 0. The molecule has 146 valence electrons. The molecule has 3 aromatic carbocycles. The Morgan fingerprint density at radius 2 is 1.21 bits per heavy atom. The number of rotatable bonds is 7. The van der Waals surface area contributed by atoms with E-state index in [9.17, 15) is 0 Å². The fourth-order valence-electron chi connectivity index (χ4n) is 4.35. The average molecular weight is 460 g/mol. The van der Waals surface area contributed by atoms with E-state index in [1.807, 2.05) is 0 Å². The zero-order valence-corrected chi connectivity index (χ0v) is 19.7. The van der Waals surface area contributed by atoms with Crippen LogP contribution in [0.4, 0.5) is 0 Å². The molecule has 2 heteroatoms. The first-order valence-electron chi connectivity index (χ1n) is 10.3. The summed E-state index contributed by atoms with van der Waals surface area (Å²) in [6, 6.07) is 32.2. The van der Waals surface area contributed by atoms with Crippen molar-refractivity contribution in [1.82, 2.24) is 0 Å². The van der Waals surface area contributed by atoms with Crippen molar-refractivity contribution in [3.8, 4) is 5.75 Å². The van der Waals surface area contributed by atoms with Crippen LogP contribution in [0.3, 0.4) is 0 Å². The molecule has 1 aliphatic carbocycles. The van der Waals surface area contributed by atoms with Gasteiger partial charge in [0.1, 0.15) is 0 Å². The summed E-state index contributed by atoms with van der Waals surface area (Å²) >= 11 is -3.42. The summed E-state index contributed by atoms with van der Waals surface area (Å²) in [6.45, 7) is 4.59. The van der Waals surface area contributed by atoms with E-state index in [-0.39, 0.29) is 3.12 Å². The van der Waals surface area contributed by atoms with Gasteiger partial charge in [0.2, 0.25) is 0 Å². The normalized spacial score (nSPS) is 18.5. The van der Waals surface area contributed by atoms with Crippen LogP contribution in [0.2, 0.25) is 3.12 Å². The summed E-state index contributed by atoms with van der Waals surface area (Å²) in [6.07, 6.45) is 7.14. The Labute approximate surface area is 179 Å². The van der Waals surface area contributed by atoms with Crippen molar-refractivity contribution in [2.45, 2.75) is 25.2 Å². The van der Waals surface area contributed by atoms with Crippen LogP contribution >= 0.6 is 0 Å². The second-order valence-corrected chi connectivity index (χ2v) is 18.0. The Morgan fingerprint density at radius 3 is 1.66 bits per heavy atom.